The van der Waals surface area contributed by atoms with E-state index in [9.17, 15) is 0 Å². The molecule has 1 aliphatic rings. The molecule has 1 heterocycles. The predicted octanol–water partition coefficient (Wildman–Crippen LogP) is 1.87. The first-order valence-electron chi connectivity index (χ1n) is 7.12. The topological polar surface area (TPSA) is 27.3 Å². The van der Waals surface area contributed by atoms with Gasteiger partial charge in [-0.2, -0.15) is 0 Å². The third kappa shape index (κ3) is 4.88. The van der Waals surface area contributed by atoms with Crippen molar-refractivity contribution in [1.82, 2.24) is 15.5 Å². The molecule has 0 aliphatic carbocycles. The standard InChI is InChI=1S/C15H24BrN3/c1-19-11-10-18-12-14(19)7-9-17-8-6-13-4-2-3-5-15(13)16/h2-5,14,17-18H,6-12H2,1H3. The Morgan fingerprint density at radius 3 is 3.00 bits per heavy atom. The van der Waals surface area contributed by atoms with Crippen molar-refractivity contribution in [3.8, 4) is 0 Å². The molecule has 1 fully saturated rings. The summed E-state index contributed by atoms with van der Waals surface area (Å²) in [4.78, 5) is 2.46. The number of hydrogen-bond acceptors (Lipinski definition) is 3. The van der Waals surface area contributed by atoms with Crippen LogP contribution in [0.1, 0.15) is 12.0 Å². The summed E-state index contributed by atoms with van der Waals surface area (Å²) in [5.74, 6) is 0. The van der Waals surface area contributed by atoms with Crippen LogP contribution in [0.2, 0.25) is 0 Å². The molecule has 1 unspecified atom stereocenters. The number of piperazine rings is 1. The first-order valence-corrected chi connectivity index (χ1v) is 7.92. The van der Waals surface area contributed by atoms with Crippen molar-refractivity contribution in [1.29, 1.82) is 0 Å². The Balaban J connectivity index is 1.61. The second-order valence-electron chi connectivity index (χ2n) is 5.22. The fourth-order valence-corrected chi connectivity index (χ4v) is 2.99. The summed E-state index contributed by atoms with van der Waals surface area (Å²) in [6.07, 6.45) is 2.31. The van der Waals surface area contributed by atoms with Gasteiger partial charge in [-0.25, -0.2) is 0 Å². The monoisotopic (exact) mass is 325 g/mol. The van der Waals surface area contributed by atoms with E-state index < -0.39 is 0 Å². The number of likely N-dealkylation sites (N-methyl/N-ethyl adjacent to an activating group) is 1. The molecule has 106 valence electrons. The molecule has 0 saturated carbocycles. The fraction of sp³-hybridized carbons (Fsp3) is 0.600. The summed E-state index contributed by atoms with van der Waals surface area (Å²) in [6, 6.07) is 9.14. The second-order valence-corrected chi connectivity index (χ2v) is 6.07. The molecule has 2 N–H and O–H groups in total. The lowest BCUT2D eigenvalue weighted by Crippen LogP contribution is -2.50. The van der Waals surface area contributed by atoms with Gasteiger partial charge in [-0.15, -0.1) is 0 Å². The van der Waals surface area contributed by atoms with Crippen molar-refractivity contribution in [2.24, 2.45) is 0 Å². The highest BCUT2D eigenvalue weighted by atomic mass is 79.9. The Morgan fingerprint density at radius 1 is 1.37 bits per heavy atom. The molecular formula is C15H24BrN3. The molecule has 2 rings (SSSR count). The molecular weight excluding hydrogens is 302 g/mol. The normalized spacial score (nSPS) is 20.6. The van der Waals surface area contributed by atoms with Crippen molar-refractivity contribution in [2.45, 2.75) is 18.9 Å². The Morgan fingerprint density at radius 2 is 2.21 bits per heavy atom. The molecule has 0 amide bonds. The maximum atomic E-state index is 3.59. The third-order valence-corrected chi connectivity index (χ3v) is 4.60. The molecule has 4 heteroatoms. The molecule has 0 radical (unpaired) electrons. The largest absolute Gasteiger partial charge is 0.316 e. The van der Waals surface area contributed by atoms with Crippen molar-refractivity contribution in [3.63, 3.8) is 0 Å². The van der Waals surface area contributed by atoms with Gasteiger partial charge in [-0.05, 0) is 44.6 Å². The smallest absolute Gasteiger partial charge is 0.0230 e. The lowest BCUT2D eigenvalue weighted by atomic mass is 10.1. The molecule has 1 saturated heterocycles. The van der Waals surface area contributed by atoms with Crippen LogP contribution >= 0.6 is 15.9 Å². The zero-order valence-electron chi connectivity index (χ0n) is 11.7. The van der Waals surface area contributed by atoms with Gasteiger partial charge in [0.05, 0.1) is 0 Å². The maximum absolute atomic E-state index is 3.59. The molecule has 19 heavy (non-hydrogen) atoms. The summed E-state index contributed by atoms with van der Waals surface area (Å²) in [5, 5.41) is 7.02. The van der Waals surface area contributed by atoms with Gasteiger partial charge < -0.3 is 15.5 Å². The van der Waals surface area contributed by atoms with Gasteiger partial charge in [0.25, 0.3) is 0 Å². The molecule has 3 nitrogen and oxygen atoms in total. The van der Waals surface area contributed by atoms with Gasteiger partial charge in [0.1, 0.15) is 0 Å². The fourth-order valence-electron chi connectivity index (χ4n) is 2.50. The molecule has 1 aliphatic heterocycles. The molecule has 0 spiro atoms. The summed E-state index contributed by atoms with van der Waals surface area (Å²) in [7, 11) is 2.23. The minimum absolute atomic E-state index is 0.685. The SMILES string of the molecule is CN1CCNCC1CCNCCc1ccccc1Br. The predicted molar refractivity (Wildman–Crippen MR) is 84.6 cm³/mol. The van der Waals surface area contributed by atoms with Gasteiger partial charge in [-0.3, -0.25) is 0 Å². The highest BCUT2D eigenvalue weighted by Crippen LogP contribution is 2.15. The molecule has 0 bridgehead atoms. The van der Waals surface area contributed by atoms with Gasteiger partial charge in [-0.1, -0.05) is 34.1 Å². The molecule has 1 aromatic carbocycles. The molecule has 0 aromatic heterocycles. The first-order chi connectivity index (χ1) is 9.27. The van der Waals surface area contributed by atoms with Gasteiger partial charge in [0, 0.05) is 30.1 Å². The van der Waals surface area contributed by atoms with E-state index in [4.69, 9.17) is 0 Å². The maximum Gasteiger partial charge on any atom is 0.0230 e. The van der Waals surface area contributed by atoms with E-state index >= 15 is 0 Å². The van der Waals surface area contributed by atoms with Crippen LogP contribution in [-0.2, 0) is 6.42 Å². The summed E-state index contributed by atoms with van der Waals surface area (Å²) in [5.41, 5.74) is 1.38. The third-order valence-electron chi connectivity index (χ3n) is 3.83. The van der Waals surface area contributed by atoms with Gasteiger partial charge in [0.15, 0.2) is 0 Å². The minimum Gasteiger partial charge on any atom is -0.316 e. The quantitative estimate of drug-likeness (QED) is 0.782. The van der Waals surface area contributed by atoms with E-state index in [2.05, 4.69) is 62.8 Å². The van der Waals surface area contributed by atoms with Crippen molar-refractivity contribution in [2.75, 3.05) is 39.8 Å². The Bertz CT molecular complexity index is 383. The minimum atomic E-state index is 0.685. The van der Waals surface area contributed by atoms with Crippen LogP contribution in [0.5, 0.6) is 0 Å². The van der Waals surface area contributed by atoms with E-state index in [1.54, 1.807) is 0 Å². The number of benzene rings is 1. The van der Waals surface area contributed by atoms with Crippen molar-refractivity contribution < 1.29 is 0 Å². The molecule has 1 atom stereocenters. The average molecular weight is 326 g/mol. The summed E-state index contributed by atoms with van der Waals surface area (Å²) < 4.78 is 1.22. The van der Waals surface area contributed by atoms with E-state index in [1.807, 2.05) is 0 Å². The number of nitrogens with one attached hydrogen (secondary N) is 2. The Hall–Kier alpha value is -0.420. The van der Waals surface area contributed by atoms with Crippen LogP contribution in [-0.4, -0.2) is 50.7 Å². The van der Waals surface area contributed by atoms with Crippen LogP contribution in [0.4, 0.5) is 0 Å². The highest BCUT2D eigenvalue weighted by Gasteiger charge is 2.17. The lowest BCUT2D eigenvalue weighted by Gasteiger charge is -2.33. The summed E-state index contributed by atoms with van der Waals surface area (Å²) in [6.45, 7) is 5.57. The van der Waals surface area contributed by atoms with Gasteiger partial charge >= 0.3 is 0 Å². The van der Waals surface area contributed by atoms with Crippen LogP contribution in [0.25, 0.3) is 0 Å². The number of rotatable bonds is 6. The number of nitrogens with zero attached hydrogens (tertiary/aromatic N) is 1. The molecule has 1 aromatic rings. The van der Waals surface area contributed by atoms with Crippen LogP contribution in [0.15, 0.2) is 28.7 Å². The van der Waals surface area contributed by atoms with E-state index in [0.717, 1.165) is 32.6 Å². The van der Waals surface area contributed by atoms with Crippen LogP contribution in [0.3, 0.4) is 0 Å². The summed E-state index contributed by atoms with van der Waals surface area (Å²) >= 11 is 3.59. The van der Waals surface area contributed by atoms with E-state index in [-0.39, 0.29) is 0 Å². The zero-order valence-corrected chi connectivity index (χ0v) is 13.2. The average Bonchev–Trinajstić information content (AvgIpc) is 2.42. The number of halogens is 1. The van der Waals surface area contributed by atoms with Crippen molar-refractivity contribution >= 4 is 15.9 Å². The van der Waals surface area contributed by atoms with Gasteiger partial charge in [0.2, 0.25) is 0 Å². The van der Waals surface area contributed by atoms with Crippen molar-refractivity contribution in [3.05, 3.63) is 34.3 Å². The lowest BCUT2D eigenvalue weighted by molar-refractivity contribution is 0.190. The van der Waals surface area contributed by atoms with Crippen LogP contribution < -0.4 is 10.6 Å². The van der Waals surface area contributed by atoms with E-state index in [1.165, 1.54) is 23.0 Å². The Kier molecular flexibility index (Phi) is 6.31. The number of hydrogen-bond donors (Lipinski definition) is 2. The second kappa shape index (κ2) is 8.00. The Labute approximate surface area is 124 Å². The first kappa shape index (κ1) is 15.0. The highest BCUT2D eigenvalue weighted by molar-refractivity contribution is 9.10. The zero-order chi connectivity index (χ0) is 13.5. The van der Waals surface area contributed by atoms with E-state index in [0.29, 0.717) is 6.04 Å². The van der Waals surface area contributed by atoms with Crippen LogP contribution in [0, 0.1) is 0 Å².